The SMILES string of the molecule is NCCOc1ccc(N=Nc2cc(OCCO)c(N=Nc3c(S(=O)O)cc4c(S(=O)(=O)O)c(N=NC5C(=O)N(c6ccc(S(=O)(=O)O)cc6)N=C5C(=O)O)ccc4c3O)cc2OCCO)cc1S(=O)(=O)O. The third-order valence-electron chi connectivity index (χ3n) is 9.25. The highest BCUT2D eigenvalue weighted by atomic mass is 32.2. The second-order valence-corrected chi connectivity index (χ2v) is 19.0. The molecule has 1 aliphatic rings. The molecule has 0 saturated carbocycles. The quantitative estimate of drug-likeness (QED) is 0.0287. The van der Waals surface area contributed by atoms with Crippen molar-refractivity contribution < 1.29 is 91.9 Å². The number of aliphatic hydroxyl groups is 2. The number of fused-ring (bicyclic) bond motifs is 1. The summed E-state index contributed by atoms with van der Waals surface area (Å²) in [6, 6.07) is 9.91. The average Bonchev–Trinajstić information content (AvgIpc) is 3.65. The lowest BCUT2D eigenvalue weighted by Gasteiger charge is -2.14. The van der Waals surface area contributed by atoms with E-state index in [0.717, 1.165) is 54.6 Å². The number of phenols is 1. The highest BCUT2D eigenvalue weighted by Gasteiger charge is 2.41. The Bertz CT molecular complexity index is 3430. The number of aliphatic carboxylic acids is 1. The maximum Gasteiger partial charge on any atom is 0.355 e. The third kappa shape index (κ3) is 12.2. The molecule has 6 rings (SSSR count). The van der Waals surface area contributed by atoms with Crippen molar-refractivity contribution >= 4 is 104 Å². The van der Waals surface area contributed by atoms with Gasteiger partial charge in [-0.05, 0) is 60.7 Å². The third-order valence-corrected chi connectivity index (χ3v) is 12.6. The number of carbonyl (C=O) groups is 2. The van der Waals surface area contributed by atoms with Crippen LogP contribution in [0.4, 0.5) is 34.1 Å². The number of rotatable bonds is 21. The van der Waals surface area contributed by atoms with Gasteiger partial charge in [-0.2, -0.15) is 50.7 Å². The Morgan fingerprint density at radius 1 is 0.718 bits per heavy atom. The number of aromatic hydroxyl groups is 1. The Kier molecular flexibility index (Phi) is 16.3. The molecule has 1 heterocycles. The van der Waals surface area contributed by atoms with E-state index < -0.39 is 126 Å². The van der Waals surface area contributed by atoms with Crippen LogP contribution in [0.15, 0.2) is 128 Å². The van der Waals surface area contributed by atoms with Crippen LogP contribution in [0.1, 0.15) is 0 Å². The number of hydrazone groups is 1. The van der Waals surface area contributed by atoms with Crippen LogP contribution < -0.4 is 25.0 Å². The number of aliphatic hydroxyl groups excluding tert-OH is 2. The van der Waals surface area contributed by atoms with Crippen LogP contribution in [0.25, 0.3) is 10.8 Å². The Labute approximate surface area is 401 Å². The van der Waals surface area contributed by atoms with Crippen molar-refractivity contribution in [1.82, 2.24) is 0 Å². The van der Waals surface area contributed by atoms with Gasteiger partial charge in [0.2, 0.25) is 6.04 Å². The van der Waals surface area contributed by atoms with Crippen molar-refractivity contribution in [3.63, 3.8) is 0 Å². The summed E-state index contributed by atoms with van der Waals surface area (Å²) in [4.78, 5) is 22.2. The lowest BCUT2D eigenvalue weighted by Crippen LogP contribution is -2.33. The number of benzene rings is 5. The van der Waals surface area contributed by atoms with Crippen LogP contribution in [0.3, 0.4) is 0 Å². The number of amides is 1. The first-order chi connectivity index (χ1) is 33.5. The predicted octanol–water partition coefficient (Wildman–Crippen LogP) is 3.72. The molecule has 29 nitrogen and oxygen atoms in total. The molecule has 0 aromatic heterocycles. The maximum absolute atomic E-state index is 13.4. The molecule has 5 aromatic rings. The van der Waals surface area contributed by atoms with Gasteiger partial charge in [0.15, 0.2) is 22.5 Å². The molecule has 5 aromatic carbocycles. The molecule has 1 amide bonds. The molecule has 0 aliphatic carbocycles. The first-order valence-corrected chi connectivity index (χ1v) is 24.9. The summed E-state index contributed by atoms with van der Waals surface area (Å²) in [5.74, 6) is -4.64. The van der Waals surface area contributed by atoms with E-state index in [-0.39, 0.29) is 66.4 Å². The number of anilines is 1. The zero-order chi connectivity index (χ0) is 52.0. The fourth-order valence-corrected chi connectivity index (χ4v) is 8.71. The molecule has 376 valence electrons. The van der Waals surface area contributed by atoms with Crippen molar-refractivity contribution in [2.75, 3.05) is 44.6 Å². The molecule has 71 heavy (non-hydrogen) atoms. The van der Waals surface area contributed by atoms with E-state index in [1.807, 2.05) is 0 Å². The minimum Gasteiger partial charge on any atom is -0.505 e. The fourth-order valence-electron chi connectivity index (χ4n) is 6.23. The van der Waals surface area contributed by atoms with E-state index in [0.29, 0.717) is 11.1 Å². The molecule has 2 unspecified atom stereocenters. The van der Waals surface area contributed by atoms with E-state index in [9.17, 15) is 77.7 Å². The number of hydrogen-bond acceptors (Lipinski definition) is 23. The molecular weight excluding hydrogens is 1030 g/mol. The molecular formula is C38H35N9O20S4. The number of hydrogen-bond donors (Lipinski definition) is 9. The van der Waals surface area contributed by atoms with Crippen molar-refractivity contribution in [3.05, 3.63) is 72.8 Å². The molecule has 2 atom stereocenters. The average molecular weight is 1070 g/mol. The van der Waals surface area contributed by atoms with E-state index in [2.05, 4.69) is 35.8 Å². The van der Waals surface area contributed by atoms with Crippen LogP contribution in [-0.4, -0.2) is 131 Å². The van der Waals surface area contributed by atoms with Crippen molar-refractivity contribution in [2.24, 2.45) is 41.5 Å². The Morgan fingerprint density at radius 3 is 1.86 bits per heavy atom. The van der Waals surface area contributed by atoms with Crippen molar-refractivity contribution in [1.29, 1.82) is 0 Å². The molecule has 33 heteroatoms. The van der Waals surface area contributed by atoms with Gasteiger partial charge in [-0.1, -0.05) is 0 Å². The largest absolute Gasteiger partial charge is 0.505 e. The summed E-state index contributed by atoms with van der Waals surface area (Å²) in [7, 11) is -14.9. The fraction of sp³-hybridized carbons (Fsp3) is 0.184. The zero-order valence-electron chi connectivity index (χ0n) is 35.5. The van der Waals surface area contributed by atoms with Gasteiger partial charge in [-0.25, -0.2) is 9.00 Å². The summed E-state index contributed by atoms with van der Waals surface area (Å²) in [5, 5.41) is 66.8. The van der Waals surface area contributed by atoms with Crippen molar-refractivity contribution in [3.8, 4) is 23.0 Å². The Hall–Kier alpha value is -7.31. The maximum atomic E-state index is 13.4. The number of nitrogens with zero attached hydrogens (tertiary/aromatic N) is 8. The summed E-state index contributed by atoms with van der Waals surface area (Å²) in [6.07, 6.45) is 0. The highest BCUT2D eigenvalue weighted by Crippen LogP contribution is 2.47. The summed E-state index contributed by atoms with van der Waals surface area (Å²) < 4.78 is 142. The van der Waals surface area contributed by atoms with E-state index in [4.69, 9.17) is 19.9 Å². The number of carboxylic acids is 1. The standard InChI is InChI=1S/C38H35N9O20S4/c39-9-12-65-27-8-1-19(15-31(27)70(59,60)61)40-42-25-17-29(67-14-11-49)26(18-28(25)66-13-10-48)43-44-32-30(68(54)55)16-23-22(35(32)50)6-7-24(36(23)71(62,63)64)41-45-33-34(38(52)53)46-47(37(33)51)20-2-4-21(5-3-20)69(56,57)58/h1-8,15-18,33,48-50H,9-14,39H2,(H,52,53)(H,54,55)(H,56,57,58)(H,59,60,61)(H,62,63,64). The minimum absolute atomic E-state index is 0.0242. The molecule has 1 aliphatic heterocycles. The highest BCUT2D eigenvalue weighted by molar-refractivity contribution is 7.86. The van der Waals surface area contributed by atoms with Gasteiger partial charge >= 0.3 is 5.97 Å². The number of ether oxygens (including phenoxy) is 3. The minimum atomic E-state index is -5.46. The monoisotopic (exact) mass is 1070 g/mol. The lowest BCUT2D eigenvalue weighted by molar-refractivity contribution is -0.130. The zero-order valence-corrected chi connectivity index (χ0v) is 38.8. The molecule has 0 bridgehead atoms. The first kappa shape index (κ1) is 53.0. The van der Waals surface area contributed by atoms with Gasteiger partial charge in [-0.15, -0.1) is 15.3 Å². The number of azo groups is 3. The van der Waals surface area contributed by atoms with E-state index in [1.165, 1.54) is 12.1 Å². The Morgan fingerprint density at radius 2 is 1.32 bits per heavy atom. The smallest absolute Gasteiger partial charge is 0.355 e. The second-order valence-electron chi connectivity index (χ2n) is 13.9. The van der Waals surface area contributed by atoms with Crippen molar-refractivity contribution in [2.45, 2.75) is 25.6 Å². The number of nitrogens with two attached hydrogens (primary N) is 1. The molecule has 10 N–H and O–H groups in total. The van der Waals surface area contributed by atoms with Gasteiger partial charge in [0.05, 0.1) is 34.4 Å². The van der Waals surface area contributed by atoms with Gasteiger partial charge in [0.25, 0.3) is 36.3 Å². The second kappa shape index (κ2) is 21.8. The molecule has 0 spiro atoms. The van der Waals surface area contributed by atoms with Gasteiger partial charge in [-0.3, -0.25) is 18.5 Å². The summed E-state index contributed by atoms with van der Waals surface area (Å²) >= 11 is -3.14. The molecule has 0 radical (unpaired) electrons. The lowest BCUT2D eigenvalue weighted by atomic mass is 10.1. The summed E-state index contributed by atoms with van der Waals surface area (Å²) in [6.45, 7) is -1.88. The van der Waals surface area contributed by atoms with Crippen LogP contribution in [0, 0.1) is 0 Å². The van der Waals surface area contributed by atoms with E-state index in [1.54, 1.807) is 0 Å². The van der Waals surface area contributed by atoms with Crippen LogP contribution >= 0.6 is 0 Å². The predicted molar refractivity (Wildman–Crippen MR) is 242 cm³/mol. The van der Waals surface area contributed by atoms with E-state index >= 15 is 0 Å². The van der Waals surface area contributed by atoms with Crippen LogP contribution in [0.5, 0.6) is 23.0 Å². The molecule has 0 saturated heterocycles. The first-order valence-electron chi connectivity index (χ1n) is 19.5. The number of carbonyl (C=O) groups excluding carboxylic acids is 1. The Balaban J connectivity index is 1.41. The topological polar surface area (TPSA) is 459 Å². The van der Waals surface area contributed by atoms with Crippen LogP contribution in [0.2, 0.25) is 0 Å². The summed E-state index contributed by atoms with van der Waals surface area (Å²) in [5.41, 5.74) is 2.16. The van der Waals surface area contributed by atoms with Gasteiger partial charge in [0.1, 0.15) is 69.6 Å². The number of phenolic OH excluding ortho intramolecular Hbond substituents is 1. The normalized spacial score (nSPS) is 15.0. The number of carboxylic acid groups (broad SMARTS) is 1. The van der Waals surface area contributed by atoms with Gasteiger partial charge in [0, 0.05) is 29.4 Å². The van der Waals surface area contributed by atoms with Crippen LogP contribution in [-0.2, 0) is 51.0 Å². The van der Waals surface area contributed by atoms with Gasteiger partial charge < -0.3 is 44.9 Å². The molecule has 0 fully saturated rings.